The molecule has 2 fully saturated rings. The molecular formula is C14H17ClINO. The second kappa shape index (κ2) is 5.17. The van der Waals surface area contributed by atoms with Crippen LogP contribution in [0.3, 0.4) is 0 Å². The van der Waals surface area contributed by atoms with Crippen molar-refractivity contribution in [1.29, 1.82) is 0 Å². The summed E-state index contributed by atoms with van der Waals surface area (Å²) in [5.41, 5.74) is 1.24. The maximum Gasteiger partial charge on any atom is 0.0702 e. The van der Waals surface area contributed by atoms with E-state index in [0.717, 1.165) is 30.2 Å². The van der Waals surface area contributed by atoms with Gasteiger partial charge in [0.25, 0.3) is 0 Å². The molecule has 4 heteroatoms. The maximum absolute atomic E-state index is 6.27. The van der Waals surface area contributed by atoms with E-state index in [2.05, 4.69) is 40.0 Å². The van der Waals surface area contributed by atoms with Crippen molar-refractivity contribution in [2.45, 2.75) is 43.7 Å². The maximum atomic E-state index is 6.27. The zero-order valence-electron chi connectivity index (χ0n) is 10.2. The molecule has 18 heavy (non-hydrogen) atoms. The number of hydrogen-bond donors (Lipinski definition) is 1. The van der Waals surface area contributed by atoms with Crippen molar-refractivity contribution in [2.24, 2.45) is 0 Å². The van der Waals surface area contributed by atoms with Crippen LogP contribution < -0.4 is 5.32 Å². The Morgan fingerprint density at radius 2 is 2.22 bits per heavy atom. The molecule has 3 rings (SSSR count). The quantitative estimate of drug-likeness (QED) is 0.769. The van der Waals surface area contributed by atoms with Crippen LogP contribution in [0.25, 0.3) is 0 Å². The van der Waals surface area contributed by atoms with E-state index in [1.807, 2.05) is 6.07 Å². The summed E-state index contributed by atoms with van der Waals surface area (Å²) in [7, 11) is 0. The highest BCUT2D eigenvalue weighted by Gasteiger charge is 2.42. The van der Waals surface area contributed by atoms with Gasteiger partial charge in [-0.2, -0.15) is 0 Å². The Bertz CT molecular complexity index is 447. The summed E-state index contributed by atoms with van der Waals surface area (Å²) in [6.07, 6.45) is 5.97. The van der Waals surface area contributed by atoms with Crippen LogP contribution in [0.5, 0.6) is 0 Å². The minimum Gasteiger partial charge on any atom is -0.381 e. The van der Waals surface area contributed by atoms with E-state index >= 15 is 0 Å². The molecule has 1 aliphatic heterocycles. The van der Waals surface area contributed by atoms with Crippen molar-refractivity contribution in [2.75, 3.05) is 11.9 Å². The number of hydrogen-bond acceptors (Lipinski definition) is 2. The van der Waals surface area contributed by atoms with Crippen LogP contribution in [0, 0.1) is 3.57 Å². The minimum absolute atomic E-state index is 0.186. The summed E-state index contributed by atoms with van der Waals surface area (Å²) in [6.45, 7) is 0.875. The highest BCUT2D eigenvalue weighted by molar-refractivity contribution is 14.1. The van der Waals surface area contributed by atoms with E-state index in [1.54, 1.807) is 0 Å². The SMILES string of the molecule is Clc1cc(I)ccc1NC1CCOC2(CCC2)C1. The third-order valence-corrected chi connectivity index (χ3v) is 5.03. The Morgan fingerprint density at radius 1 is 1.39 bits per heavy atom. The Hall–Kier alpha value is -0.000000000000000132. The number of halogens is 2. The van der Waals surface area contributed by atoms with Crippen LogP contribution in [0.4, 0.5) is 5.69 Å². The molecule has 1 unspecified atom stereocenters. The lowest BCUT2D eigenvalue weighted by atomic mass is 9.74. The Balaban J connectivity index is 1.68. The molecule has 2 nitrogen and oxygen atoms in total. The van der Waals surface area contributed by atoms with Gasteiger partial charge in [0.1, 0.15) is 0 Å². The van der Waals surface area contributed by atoms with Gasteiger partial charge in [0, 0.05) is 16.2 Å². The van der Waals surface area contributed by atoms with Gasteiger partial charge in [0.2, 0.25) is 0 Å². The lowest BCUT2D eigenvalue weighted by Crippen LogP contribution is -2.49. The molecular weight excluding hydrogens is 361 g/mol. The summed E-state index contributed by atoms with van der Waals surface area (Å²) in [5.74, 6) is 0. The molecule has 0 amide bonds. The van der Waals surface area contributed by atoms with Crippen molar-refractivity contribution in [1.82, 2.24) is 0 Å². The molecule has 1 spiro atoms. The number of ether oxygens (including phenoxy) is 1. The van der Waals surface area contributed by atoms with Gasteiger partial charge in [-0.05, 0) is 72.9 Å². The first-order valence-electron chi connectivity index (χ1n) is 6.52. The smallest absolute Gasteiger partial charge is 0.0702 e. The predicted molar refractivity (Wildman–Crippen MR) is 83.3 cm³/mol. The van der Waals surface area contributed by atoms with Gasteiger partial charge in [-0.25, -0.2) is 0 Å². The summed E-state index contributed by atoms with van der Waals surface area (Å²) in [6, 6.07) is 6.67. The summed E-state index contributed by atoms with van der Waals surface area (Å²) in [5, 5.41) is 4.40. The van der Waals surface area contributed by atoms with E-state index in [1.165, 1.54) is 22.8 Å². The van der Waals surface area contributed by atoms with E-state index in [0.29, 0.717) is 6.04 Å². The van der Waals surface area contributed by atoms with Crippen molar-refractivity contribution in [3.8, 4) is 0 Å². The van der Waals surface area contributed by atoms with E-state index in [-0.39, 0.29) is 5.60 Å². The fourth-order valence-corrected chi connectivity index (χ4v) is 3.81. The average Bonchev–Trinajstić information content (AvgIpc) is 2.31. The second-order valence-electron chi connectivity index (χ2n) is 5.34. The Labute approximate surface area is 127 Å². The molecule has 1 aromatic carbocycles. The van der Waals surface area contributed by atoms with Crippen molar-refractivity contribution < 1.29 is 4.74 Å². The lowest BCUT2D eigenvalue weighted by molar-refractivity contribution is -0.130. The van der Waals surface area contributed by atoms with Crippen LogP contribution in [-0.4, -0.2) is 18.2 Å². The molecule has 1 saturated heterocycles. The fraction of sp³-hybridized carbons (Fsp3) is 0.571. The van der Waals surface area contributed by atoms with Crippen LogP contribution in [0.1, 0.15) is 32.1 Å². The number of anilines is 1. The third-order valence-electron chi connectivity index (χ3n) is 4.05. The lowest BCUT2D eigenvalue weighted by Gasteiger charge is -2.47. The van der Waals surface area contributed by atoms with E-state index < -0.39 is 0 Å². The van der Waals surface area contributed by atoms with Crippen LogP contribution in [-0.2, 0) is 4.74 Å². The predicted octanol–water partition coefficient (Wildman–Crippen LogP) is 4.46. The first-order chi connectivity index (χ1) is 8.67. The van der Waals surface area contributed by atoms with Crippen molar-refractivity contribution >= 4 is 39.9 Å². The van der Waals surface area contributed by atoms with Gasteiger partial charge in [0.05, 0.1) is 16.3 Å². The van der Waals surface area contributed by atoms with Gasteiger partial charge in [0.15, 0.2) is 0 Å². The number of rotatable bonds is 2. The highest BCUT2D eigenvalue weighted by Crippen LogP contribution is 2.43. The minimum atomic E-state index is 0.186. The highest BCUT2D eigenvalue weighted by atomic mass is 127. The largest absolute Gasteiger partial charge is 0.381 e. The van der Waals surface area contributed by atoms with Crippen LogP contribution >= 0.6 is 34.2 Å². The van der Waals surface area contributed by atoms with Gasteiger partial charge in [-0.1, -0.05) is 11.6 Å². The van der Waals surface area contributed by atoms with E-state index in [4.69, 9.17) is 16.3 Å². The van der Waals surface area contributed by atoms with Gasteiger partial charge in [-0.3, -0.25) is 0 Å². The molecule has 0 radical (unpaired) electrons. The zero-order chi connectivity index (χ0) is 12.6. The average molecular weight is 378 g/mol. The van der Waals surface area contributed by atoms with Crippen molar-refractivity contribution in [3.63, 3.8) is 0 Å². The van der Waals surface area contributed by atoms with Crippen LogP contribution in [0.2, 0.25) is 5.02 Å². The molecule has 0 bridgehead atoms. The molecule has 1 saturated carbocycles. The van der Waals surface area contributed by atoms with Crippen molar-refractivity contribution in [3.05, 3.63) is 26.8 Å². The summed E-state index contributed by atoms with van der Waals surface area (Å²) in [4.78, 5) is 0. The van der Waals surface area contributed by atoms with Gasteiger partial charge < -0.3 is 10.1 Å². The topological polar surface area (TPSA) is 21.3 Å². The van der Waals surface area contributed by atoms with Gasteiger partial charge >= 0.3 is 0 Å². The summed E-state index contributed by atoms with van der Waals surface area (Å²) >= 11 is 8.55. The standard InChI is InChI=1S/C14H17ClINO/c15-12-8-10(16)2-3-13(12)17-11-4-7-18-14(9-11)5-1-6-14/h2-3,8,11,17H,1,4-7,9H2. The Morgan fingerprint density at radius 3 is 2.89 bits per heavy atom. The first kappa shape index (κ1) is 13.0. The zero-order valence-corrected chi connectivity index (χ0v) is 13.1. The fourth-order valence-electron chi connectivity index (χ4n) is 2.90. The molecule has 1 aromatic rings. The monoisotopic (exact) mass is 377 g/mol. The second-order valence-corrected chi connectivity index (χ2v) is 7.00. The molecule has 98 valence electrons. The van der Waals surface area contributed by atoms with Gasteiger partial charge in [-0.15, -0.1) is 0 Å². The molecule has 1 N–H and O–H groups in total. The molecule has 2 aliphatic rings. The third kappa shape index (κ3) is 2.63. The number of benzene rings is 1. The molecule has 1 heterocycles. The van der Waals surface area contributed by atoms with Crippen LogP contribution in [0.15, 0.2) is 18.2 Å². The summed E-state index contributed by atoms with van der Waals surface area (Å²) < 4.78 is 7.12. The number of nitrogens with one attached hydrogen (secondary N) is 1. The molecule has 1 aliphatic carbocycles. The first-order valence-corrected chi connectivity index (χ1v) is 7.98. The molecule has 0 aromatic heterocycles. The Kier molecular flexibility index (Phi) is 3.74. The van der Waals surface area contributed by atoms with E-state index in [9.17, 15) is 0 Å². The normalized spacial score (nSPS) is 25.8. The molecule has 1 atom stereocenters.